The molecule has 0 unspecified atom stereocenters. The minimum Gasteiger partial charge on any atom is -0.429 e. The summed E-state index contributed by atoms with van der Waals surface area (Å²) < 4.78 is 18.4. The minimum absolute atomic E-state index is 0.0972. The Hall–Kier alpha value is -2.55. The van der Waals surface area contributed by atoms with Crippen molar-refractivity contribution >= 4 is 24.8 Å². The first kappa shape index (κ1) is 28.7. The van der Waals surface area contributed by atoms with E-state index in [-0.39, 0.29) is 16.9 Å². The van der Waals surface area contributed by atoms with E-state index in [1.807, 2.05) is 39.8 Å². The summed E-state index contributed by atoms with van der Waals surface area (Å²) in [6.45, 7) is 18.5. The Bertz CT molecular complexity index is 954. The van der Waals surface area contributed by atoms with Gasteiger partial charge in [0.15, 0.2) is 0 Å². The van der Waals surface area contributed by atoms with Gasteiger partial charge in [0.05, 0.1) is 5.92 Å². The molecule has 0 aromatic heterocycles. The number of carbonyl (C=O) groups is 1. The van der Waals surface area contributed by atoms with E-state index in [9.17, 15) is 4.79 Å². The van der Waals surface area contributed by atoms with Crippen LogP contribution in [0.1, 0.15) is 62.3 Å². The van der Waals surface area contributed by atoms with Crippen molar-refractivity contribution in [2.75, 3.05) is 6.61 Å². The largest absolute Gasteiger partial charge is 0.509 e. The van der Waals surface area contributed by atoms with Gasteiger partial charge in [0.1, 0.15) is 11.7 Å². The molecule has 2 rings (SSSR count). The van der Waals surface area contributed by atoms with E-state index in [1.165, 1.54) is 10.4 Å². The summed E-state index contributed by atoms with van der Waals surface area (Å²) in [7, 11) is -2.70. The fourth-order valence-corrected chi connectivity index (χ4v) is 9.19. The van der Waals surface area contributed by atoms with Gasteiger partial charge in [-0.3, -0.25) is 0 Å². The zero-order valence-electron chi connectivity index (χ0n) is 22.8. The molecule has 4 nitrogen and oxygen atoms in total. The van der Waals surface area contributed by atoms with Gasteiger partial charge < -0.3 is 13.9 Å². The van der Waals surface area contributed by atoms with Crippen molar-refractivity contribution in [3.8, 4) is 11.8 Å². The number of hydrogen-bond donors (Lipinski definition) is 0. The smallest absolute Gasteiger partial charge is 0.429 e. The van der Waals surface area contributed by atoms with Gasteiger partial charge in [-0.2, -0.15) is 0 Å². The van der Waals surface area contributed by atoms with Gasteiger partial charge in [-0.05, 0) is 50.0 Å². The van der Waals surface area contributed by atoms with E-state index in [2.05, 4.69) is 88.1 Å². The van der Waals surface area contributed by atoms with Crippen LogP contribution in [0.5, 0.6) is 0 Å². The number of rotatable bonds is 8. The molecular weight excluding hydrogens is 452 g/mol. The highest BCUT2D eigenvalue weighted by atomic mass is 28.4. The van der Waals surface area contributed by atoms with Crippen molar-refractivity contribution in [3.63, 3.8) is 0 Å². The first-order chi connectivity index (χ1) is 16.3. The second-order valence-electron chi connectivity index (χ2n) is 11.2. The van der Waals surface area contributed by atoms with E-state index < -0.39 is 26.2 Å². The maximum absolute atomic E-state index is 12.6. The zero-order chi connectivity index (χ0) is 26.3. The van der Waals surface area contributed by atoms with Crippen molar-refractivity contribution in [1.29, 1.82) is 0 Å². The molecule has 5 heteroatoms. The molecule has 0 saturated carbocycles. The van der Waals surface area contributed by atoms with Crippen molar-refractivity contribution in [2.45, 2.75) is 79.1 Å². The molecule has 0 N–H and O–H groups in total. The molecule has 0 aliphatic carbocycles. The van der Waals surface area contributed by atoms with Crippen LogP contribution in [0.2, 0.25) is 5.04 Å². The molecule has 35 heavy (non-hydrogen) atoms. The maximum atomic E-state index is 12.6. The predicted octanol–water partition coefficient (Wildman–Crippen LogP) is 6.18. The fraction of sp³-hybridized carbons (Fsp3) is 0.500. The monoisotopic (exact) mass is 494 g/mol. The first-order valence-corrected chi connectivity index (χ1v) is 14.3. The first-order valence-electron chi connectivity index (χ1n) is 12.4. The van der Waals surface area contributed by atoms with E-state index in [0.717, 1.165) is 0 Å². The quantitative estimate of drug-likeness (QED) is 0.250. The van der Waals surface area contributed by atoms with E-state index in [1.54, 1.807) is 6.92 Å². The van der Waals surface area contributed by atoms with Crippen molar-refractivity contribution < 1.29 is 18.7 Å². The third-order valence-corrected chi connectivity index (χ3v) is 11.0. The Kier molecular flexibility index (Phi) is 9.77. The summed E-state index contributed by atoms with van der Waals surface area (Å²) in [6, 6.07) is 21.1. The van der Waals surface area contributed by atoms with Crippen LogP contribution in [0, 0.1) is 23.7 Å². The Morgan fingerprint density at radius 2 is 1.37 bits per heavy atom. The van der Waals surface area contributed by atoms with Crippen LogP contribution in [-0.4, -0.2) is 32.8 Å². The highest BCUT2D eigenvalue weighted by Gasteiger charge is 2.50. The van der Waals surface area contributed by atoms with Crippen LogP contribution in [0.4, 0.5) is 4.79 Å². The predicted molar refractivity (Wildman–Crippen MR) is 146 cm³/mol. The van der Waals surface area contributed by atoms with E-state index in [4.69, 9.17) is 13.9 Å². The van der Waals surface area contributed by atoms with Crippen LogP contribution in [0.15, 0.2) is 60.7 Å². The highest BCUT2D eigenvalue weighted by Crippen LogP contribution is 2.37. The molecule has 0 bridgehead atoms. The van der Waals surface area contributed by atoms with Gasteiger partial charge in [0.25, 0.3) is 8.32 Å². The number of carbonyl (C=O) groups excluding carboxylic acids is 1. The van der Waals surface area contributed by atoms with Crippen molar-refractivity contribution in [2.24, 2.45) is 11.8 Å². The number of hydrogen-bond acceptors (Lipinski definition) is 4. The van der Waals surface area contributed by atoms with Gasteiger partial charge in [0, 0.05) is 12.5 Å². The lowest BCUT2D eigenvalue weighted by atomic mass is 9.94. The lowest BCUT2D eigenvalue weighted by molar-refractivity contribution is -0.0504. The van der Waals surface area contributed by atoms with E-state index >= 15 is 0 Å². The molecule has 0 saturated heterocycles. The van der Waals surface area contributed by atoms with Gasteiger partial charge in [-0.25, -0.2) is 4.79 Å². The third kappa shape index (κ3) is 7.46. The number of ether oxygens (including phenoxy) is 2. The number of benzene rings is 2. The zero-order valence-corrected chi connectivity index (χ0v) is 23.8. The summed E-state index contributed by atoms with van der Waals surface area (Å²) in [4.78, 5) is 12.6. The van der Waals surface area contributed by atoms with E-state index in [0.29, 0.717) is 6.61 Å². The normalized spacial score (nSPS) is 14.8. The minimum atomic E-state index is -2.70. The summed E-state index contributed by atoms with van der Waals surface area (Å²) in [5.74, 6) is 5.86. The van der Waals surface area contributed by atoms with Crippen LogP contribution < -0.4 is 10.4 Å². The summed E-state index contributed by atoms with van der Waals surface area (Å²) in [6.07, 6.45) is -1.14. The average molecular weight is 495 g/mol. The molecule has 0 heterocycles. The lowest BCUT2D eigenvalue weighted by Gasteiger charge is -2.44. The van der Waals surface area contributed by atoms with Gasteiger partial charge >= 0.3 is 6.16 Å². The van der Waals surface area contributed by atoms with Gasteiger partial charge in [-0.1, -0.05) is 94.3 Å². The topological polar surface area (TPSA) is 44.8 Å². The molecule has 3 atom stereocenters. The molecule has 0 aliphatic heterocycles. The molecule has 0 fully saturated rings. The second kappa shape index (κ2) is 11.9. The summed E-state index contributed by atoms with van der Waals surface area (Å²) in [5.41, 5.74) is -0.629. The molecule has 0 radical (unpaired) electrons. The maximum Gasteiger partial charge on any atom is 0.509 e. The van der Waals surface area contributed by atoms with Crippen LogP contribution >= 0.6 is 0 Å². The van der Waals surface area contributed by atoms with Crippen LogP contribution in [0.25, 0.3) is 0 Å². The Morgan fingerprint density at radius 1 is 0.886 bits per heavy atom. The lowest BCUT2D eigenvalue weighted by Crippen LogP contribution is -2.67. The van der Waals surface area contributed by atoms with Crippen LogP contribution in [-0.2, 0) is 13.9 Å². The Labute approximate surface area is 213 Å². The third-order valence-electron chi connectivity index (χ3n) is 6.03. The SMILES string of the molecule is CC#C[C@H](C)[C@H](OC(=O)OC(C)(C)C)[C@H](C)CO[Si](c1ccccc1)(c1ccccc1)C(C)(C)C. The molecule has 2 aromatic carbocycles. The summed E-state index contributed by atoms with van der Waals surface area (Å²) in [5, 5.41) is 2.31. The average Bonchev–Trinajstić information content (AvgIpc) is 2.77. The second-order valence-corrected chi connectivity index (χ2v) is 15.5. The Balaban J connectivity index is 2.44. The highest BCUT2D eigenvalue weighted by molar-refractivity contribution is 6.99. The Morgan fingerprint density at radius 3 is 1.77 bits per heavy atom. The van der Waals surface area contributed by atoms with Crippen LogP contribution in [0.3, 0.4) is 0 Å². The summed E-state index contributed by atoms with van der Waals surface area (Å²) >= 11 is 0. The van der Waals surface area contributed by atoms with Gasteiger partial charge in [-0.15, -0.1) is 5.92 Å². The fourth-order valence-electron chi connectivity index (χ4n) is 4.52. The molecule has 0 aliphatic rings. The standard InChI is InChI=1S/C30H42O4Si/c1-10-17-23(2)27(33-28(31)34-29(4,5)6)24(3)22-32-35(30(7,8)9,25-18-13-11-14-19-25)26-20-15-12-16-21-26/h11-16,18-21,23-24,27H,22H2,1-9H3/t23-,24+,27-/m0/s1. The molecular formula is C30H42O4Si. The van der Waals surface area contributed by atoms with Crippen molar-refractivity contribution in [1.82, 2.24) is 0 Å². The molecule has 2 aromatic rings. The van der Waals surface area contributed by atoms with Crippen molar-refractivity contribution in [3.05, 3.63) is 60.7 Å². The molecule has 0 spiro atoms. The molecule has 190 valence electrons. The van der Waals surface area contributed by atoms with Gasteiger partial charge in [0.2, 0.25) is 0 Å². The molecule has 0 amide bonds.